The van der Waals surface area contributed by atoms with Crippen molar-refractivity contribution in [2.45, 2.75) is 76.0 Å². The Labute approximate surface area is 335 Å². The number of piperidine rings is 3. The highest BCUT2D eigenvalue weighted by Crippen LogP contribution is 2.32. The summed E-state index contributed by atoms with van der Waals surface area (Å²) >= 11 is 0. The number of aromatic hydroxyl groups is 1. The van der Waals surface area contributed by atoms with Crippen LogP contribution in [0.5, 0.6) is 11.5 Å². The average molecular weight is 773 g/mol. The fourth-order valence-electron chi connectivity index (χ4n) is 8.30. The van der Waals surface area contributed by atoms with Crippen molar-refractivity contribution < 1.29 is 24.5 Å². The van der Waals surface area contributed by atoms with Crippen LogP contribution in [-0.2, 0) is 4.74 Å². The number of unbranched alkanes of at least 4 members (excludes halogenated alkanes) is 6. The number of fused-ring (bicyclic) bond motifs is 4. The van der Waals surface area contributed by atoms with Gasteiger partial charge in [-0.15, -0.1) is 0 Å². The van der Waals surface area contributed by atoms with Gasteiger partial charge in [0.15, 0.2) is 0 Å². The van der Waals surface area contributed by atoms with Crippen LogP contribution in [0.3, 0.4) is 0 Å². The van der Waals surface area contributed by atoms with Crippen LogP contribution in [0.4, 0.5) is 4.79 Å². The van der Waals surface area contributed by atoms with Gasteiger partial charge in [-0.25, -0.2) is 4.79 Å². The lowest BCUT2D eigenvalue weighted by molar-refractivity contribution is -0.0336. The Morgan fingerprint density at radius 2 is 1.54 bits per heavy atom. The van der Waals surface area contributed by atoms with Crippen LogP contribution in [0.25, 0.3) is 22.0 Å². The van der Waals surface area contributed by atoms with Crippen molar-refractivity contribution in [3.05, 3.63) is 130 Å². The summed E-state index contributed by atoms with van der Waals surface area (Å²) in [4.78, 5) is 30.1. The van der Waals surface area contributed by atoms with Gasteiger partial charge in [0.2, 0.25) is 5.56 Å². The van der Waals surface area contributed by atoms with Crippen molar-refractivity contribution in [2.75, 3.05) is 39.3 Å². The zero-order valence-corrected chi connectivity index (χ0v) is 32.7. The Morgan fingerprint density at radius 3 is 2.30 bits per heavy atom. The molecule has 4 heterocycles. The molecule has 0 aliphatic carbocycles. The summed E-state index contributed by atoms with van der Waals surface area (Å²) in [5.41, 5.74) is 4.92. The van der Waals surface area contributed by atoms with Gasteiger partial charge in [-0.1, -0.05) is 105 Å². The molecule has 3 aliphatic heterocycles. The molecule has 5 aromatic rings. The molecule has 10 nitrogen and oxygen atoms in total. The van der Waals surface area contributed by atoms with Crippen LogP contribution in [0.1, 0.15) is 86.6 Å². The van der Waals surface area contributed by atoms with E-state index in [2.05, 4.69) is 56.9 Å². The first-order valence-corrected chi connectivity index (χ1v) is 20.7. The van der Waals surface area contributed by atoms with E-state index in [1.165, 1.54) is 18.6 Å². The molecule has 8 rings (SSSR count). The lowest BCUT2D eigenvalue weighted by atomic mass is 9.86. The van der Waals surface area contributed by atoms with Gasteiger partial charge >= 0.3 is 6.09 Å². The molecule has 2 bridgehead atoms. The quantitative estimate of drug-likeness (QED) is 0.0530. The van der Waals surface area contributed by atoms with Crippen LogP contribution in [-0.4, -0.2) is 71.6 Å². The van der Waals surface area contributed by atoms with E-state index >= 15 is 0 Å². The number of phenolic OH excluding ortho intramolecular Hbond substituents is 1. The maximum Gasteiger partial charge on any atom is 0.408 e. The number of alkyl carbamates (subject to hydrolysis) is 1. The van der Waals surface area contributed by atoms with E-state index in [1.807, 2.05) is 42.5 Å². The summed E-state index contributed by atoms with van der Waals surface area (Å²) in [6, 6.07) is 32.6. The highest BCUT2D eigenvalue weighted by atomic mass is 16.6. The molecule has 57 heavy (non-hydrogen) atoms. The second-order valence-corrected chi connectivity index (χ2v) is 15.5. The normalized spacial score (nSPS) is 18.6. The second-order valence-electron chi connectivity index (χ2n) is 15.5. The molecular weight excluding hydrogens is 717 g/mol. The summed E-state index contributed by atoms with van der Waals surface area (Å²) < 4.78 is 12.3. The number of hydrogen-bond acceptors (Lipinski definition) is 8. The SMILES string of the molecule is O=C(NC(c1ccc(-c2ccccc2)cc1)c1cccc(OCCCCCCCCCNCC(O)c2ccc(O)c3[nH]c(=O)ccc23)c1)OC1CN2CCC1CC2. The molecule has 3 fully saturated rings. The summed E-state index contributed by atoms with van der Waals surface area (Å²) in [6.45, 7) is 4.85. The minimum absolute atomic E-state index is 0.0105. The Kier molecular flexibility index (Phi) is 13.9. The molecule has 0 radical (unpaired) electrons. The maximum atomic E-state index is 13.4. The number of aliphatic hydroxyl groups is 1. The third kappa shape index (κ3) is 10.8. The van der Waals surface area contributed by atoms with Crippen molar-refractivity contribution in [1.82, 2.24) is 20.5 Å². The first-order chi connectivity index (χ1) is 27.9. The number of H-pyrrole nitrogens is 1. The number of phenols is 1. The first-order valence-electron chi connectivity index (χ1n) is 20.7. The number of carbonyl (C=O) groups is 1. The number of carbonyl (C=O) groups excluding carboxylic acids is 1. The number of ether oxygens (including phenoxy) is 2. The number of aliphatic hydroxyl groups excluding tert-OH is 1. The lowest BCUT2D eigenvalue weighted by Crippen LogP contribution is -2.52. The van der Waals surface area contributed by atoms with Gasteiger partial charge in [-0.2, -0.15) is 0 Å². The molecule has 3 unspecified atom stereocenters. The molecule has 1 aromatic heterocycles. The molecule has 0 saturated carbocycles. The Balaban J connectivity index is 0.831. The monoisotopic (exact) mass is 772 g/mol. The van der Waals surface area contributed by atoms with Crippen LogP contribution >= 0.6 is 0 Å². The number of hydrogen-bond donors (Lipinski definition) is 5. The number of pyridine rings is 1. The number of nitrogens with zero attached hydrogens (tertiary/aromatic N) is 1. The summed E-state index contributed by atoms with van der Waals surface area (Å²) in [5.74, 6) is 1.22. The van der Waals surface area contributed by atoms with Gasteiger partial charge in [0.25, 0.3) is 0 Å². The third-order valence-corrected chi connectivity index (χ3v) is 11.5. The molecule has 5 N–H and O–H groups in total. The first kappa shape index (κ1) is 40.1. The van der Waals surface area contributed by atoms with Gasteiger partial charge < -0.3 is 35.3 Å². The van der Waals surface area contributed by atoms with E-state index in [4.69, 9.17) is 9.47 Å². The highest BCUT2D eigenvalue weighted by molar-refractivity contribution is 5.87. The van der Waals surface area contributed by atoms with E-state index in [1.54, 1.807) is 12.1 Å². The Bertz CT molecular complexity index is 2100. The van der Waals surface area contributed by atoms with Crippen molar-refractivity contribution in [1.29, 1.82) is 0 Å². The van der Waals surface area contributed by atoms with E-state index < -0.39 is 6.10 Å². The van der Waals surface area contributed by atoms with Crippen molar-refractivity contribution in [2.24, 2.45) is 5.92 Å². The average Bonchev–Trinajstić information content (AvgIpc) is 3.24. The molecular formula is C47H56N4O6. The second kappa shape index (κ2) is 19.8. The number of amides is 1. The van der Waals surface area contributed by atoms with Gasteiger partial charge in [-0.3, -0.25) is 9.69 Å². The smallest absolute Gasteiger partial charge is 0.408 e. The predicted octanol–water partition coefficient (Wildman–Crippen LogP) is 8.24. The fraction of sp³-hybridized carbons (Fsp3) is 0.404. The Morgan fingerprint density at radius 1 is 0.807 bits per heavy atom. The van der Waals surface area contributed by atoms with Crippen LogP contribution in [0.15, 0.2) is 108 Å². The van der Waals surface area contributed by atoms with Gasteiger partial charge in [0.1, 0.15) is 17.6 Å². The molecule has 3 aliphatic rings. The van der Waals surface area contributed by atoms with Gasteiger partial charge in [0, 0.05) is 24.5 Å². The standard InChI is InChI=1S/C47H56N4O6/c52-41-22-20-39(40-21-23-44(54)49-46(40)41)42(53)31-48-26-9-4-2-1-3-5-10-29-56-38-15-11-14-37(30-38)45(36-18-16-34(17-19-36)33-12-7-6-8-13-33)50-47(55)57-43-32-51-27-24-35(43)25-28-51/h6-8,11-23,30,35,42-43,45,48,52-53H,1-5,9-10,24-29,31-32H2,(H,49,54)(H,50,55). The topological polar surface area (TPSA) is 136 Å². The van der Waals surface area contributed by atoms with E-state index in [0.29, 0.717) is 35.5 Å². The summed E-state index contributed by atoms with van der Waals surface area (Å²) in [6.07, 6.45) is 8.66. The Hall–Kier alpha value is -5.16. The van der Waals surface area contributed by atoms with Gasteiger partial charge in [0.05, 0.1) is 24.3 Å². The molecule has 3 atom stereocenters. The van der Waals surface area contributed by atoms with E-state index in [0.717, 1.165) is 106 Å². The van der Waals surface area contributed by atoms with Gasteiger partial charge in [-0.05, 0) is 103 Å². The minimum atomic E-state index is -0.747. The van der Waals surface area contributed by atoms with Crippen LogP contribution < -0.4 is 20.9 Å². The number of aromatic nitrogens is 1. The zero-order valence-electron chi connectivity index (χ0n) is 32.7. The minimum Gasteiger partial charge on any atom is -0.506 e. The van der Waals surface area contributed by atoms with E-state index in [9.17, 15) is 19.8 Å². The summed E-state index contributed by atoms with van der Waals surface area (Å²) in [5, 5.41) is 28.0. The molecule has 0 spiro atoms. The van der Waals surface area contributed by atoms with Crippen LogP contribution in [0.2, 0.25) is 0 Å². The summed E-state index contributed by atoms with van der Waals surface area (Å²) in [7, 11) is 0. The highest BCUT2D eigenvalue weighted by Gasteiger charge is 2.37. The van der Waals surface area contributed by atoms with Crippen molar-refractivity contribution in [3.8, 4) is 22.6 Å². The van der Waals surface area contributed by atoms with Crippen LogP contribution in [0, 0.1) is 5.92 Å². The molecule has 300 valence electrons. The number of nitrogens with one attached hydrogen (secondary N) is 3. The molecule has 10 heteroatoms. The number of aromatic amines is 1. The third-order valence-electron chi connectivity index (χ3n) is 11.5. The van der Waals surface area contributed by atoms with Crippen molar-refractivity contribution >= 4 is 17.0 Å². The predicted molar refractivity (Wildman–Crippen MR) is 225 cm³/mol. The maximum absolute atomic E-state index is 13.4. The zero-order chi connectivity index (χ0) is 39.4. The number of rotatable bonds is 19. The number of benzene rings is 4. The lowest BCUT2D eigenvalue weighted by Gasteiger charge is -2.43. The largest absolute Gasteiger partial charge is 0.506 e. The molecule has 3 saturated heterocycles. The van der Waals surface area contributed by atoms with E-state index in [-0.39, 0.29) is 29.5 Å². The molecule has 1 amide bonds. The fourth-order valence-corrected chi connectivity index (χ4v) is 8.30. The molecule has 4 aromatic carbocycles. The van der Waals surface area contributed by atoms with Crippen molar-refractivity contribution in [3.63, 3.8) is 0 Å².